The Kier molecular flexibility index (Phi) is 3.25. The van der Waals surface area contributed by atoms with E-state index in [-0.39, 0.29) is 5.91 Å². The minimum absolute atomic E-state index is 0.140. The lowest BCUT2D eigenvalue weighted by Crippen LogP contribution is -2.46. The first-order chi connectivity index (χ1) is 9.29. The number of hydrogen-bond acceptors (Lipinski definition) is 2. The van der Waals surface area contributed by atoms with Crippen LogP contribution in [-0.2, 0) is 0 Å². The fraction of sp³-hybridized carbons (Fsp3) is 0.500. The molecule has 19 heavy (non-hydrogen) atoms. The molecule has 0 aromatic heterocycles. The second-order valence-electron chi connectivity index (χ2n) is 5.59. The van der Waals surface area contributed by atoms with Crippen molar-refractivity contribution >= 4 is 5.91 Å². The van der Waals surface area contributed by atoms with E-state index in [0.29, 0.717) is 17.2 Å². The van der Waals surface area contributed by atoms with Crippen molar-refractivity contribution in [3.63, 3.8) is 0 Å². The van der Waals surface area contributed by atoms with Gasteiger partial charge in [-0.05, 0) is 55.9 Å². The molecular weight excluding hydrogens is 236 g/mol. The molecule has 3 heteroatoms. The summed E-state index contributed by atoms with van der Waals surface area (Å²) in [6, 6.07) is 9.55. The van der Waals surface area contributed by atoms with E-state index in [4.69, 9.17) is 5.26 Å². The van der Waals surface area contributed by atoms with Gasteiger partial charge in [0.2, 0.25) is 0 Å². The molecule has 0 spiro atoms. The van der Waals surface area contributed by atoms with Gasteiger partial charge in [-0.25, -0.2) is 0 Å². The van der Waals surface area contributed by atoms with Crippen molar-refractivity contribution in [1.82, 2.24) is 4.90 Å². The molecule has 98 valence electrons. The SMILES string of the molecule is N#Cc1ccc(C(=O)N2CCCC3CCCC32)cc1. The Bertz CT molecular complexity index is 515. The van der Waals surface area contributed by atoms with Crippen molar-refractivity contribution in [2.24, 2.45) is 5.92 Å². The number of carbonyl (C=O) groups excluding carboxylic acids is 1. The third kappa shape index (κ3) is 2.23. The van der Waals surface area contributed by atoms with Gasteiger partial charge in [-0.2, -0.15) is 5.26 Å². The van der Waals surface area contributed by atoms with Crippen LogP contribution in [0.4, 0.5) is 0 Å². The summed E-state index contributed by atoms with van der Waals surface area (Å²) < 4.78 is 0. The van der Waals surface area contributed by atoms with E-state index in [9.17, 15) is 4.79 Å². The predicted molar refractivity (Wildman–Crippen MR) is 72.6 cm³/mol. The monoisotopic (exact) mass is 254 g/mol. The lowest BCUT2D eigenvalue weighted by molar-refractivity contribution is 0.0548. The first-order valence-corrected chi connectivity index (χ1v) is 7.11. The van der Waals surface area contributed by atoms with Gasteiger partial charge in [0.15, 0.2) is 0 Å². The molecule has 3 rings (SSSR count). The number of piperidine rings is 1. The van der Waals surface area contributed by atoms with Crippen molar-refractivity contribution in [2.75, 3.05) is 6.54 Å². The Morgan fingerprint density at radius 2 is 1.89 bits per heavy atom. The van der Waals surface area contributed by atoms with E-state index < -0.39 is 0 Å². The molecule has 1 saturated carbocycles. The summed E-state index contributed by atoms with van der Waals surface area (Å²) in [5, 5.41) is 8.79. The number of likely N-dealkylation sites (tertiary alicyclic amines) is 1. The van der Waals surface area contributed by atoms with Gasteiger partial charge in [-0.15, -0.1) is 0 Å². The number of amides is 1. The summed E-state index contributed by atoms with van der Waals surface area (Å²) in [6.07, 6.45) is 6.10. The number of carbonyl (C=O) groups is 1. The van der Waals surface area contributed by atoms with Gasteiger partial charge in [-0.1, -0.05) is 6.42 Å². The highest BCUT2D eigenvalue weighted by molar-refractivity contribution is 5.94. The van der Waals surface area contributed by atoms with Crippen LogP contribution in [0, 0.1) is 17.2 Å². The van der Waals surface area contributed by atoms with Crippen LogP contribution in [0.3, 0.4) is 0 Å². The molecule has 3 nitrogen and oxygen atoms in total. The topological polar surface area (TPSA) is 44.1 Å². The largest absolute Gasteiger partial charge is 0.335 e. The maximum absolute atomic E-state index is 12.6. The summed E-state index contributed by atoms with van der Waals surface area (Å²) in [5.74, 6) is 0.858. The summed E-state index contributed by atoms with van der Waals surface area (Å²) in [5.41, 5.74) is 1.32. The van der Waals surface area contributed by atoms with Crippen LogP contribution in [0.2, 0.25) is 0 Å². The van der Waals surface area contributed by atoms with Gasteiger partial charge in [0.1, 0.15) is 0 Å². The third-order valence-electron chi connectivity index (χ3n) is 4.52. The highest BCUT2D eigenvalue weighted by Crippen LogP contribution is 2.37. The number of benzene rings is 1. The first kappa shape index (κ1) is 12.2. The van der Waals surface area contributed by atoms with Crippen LogP contribution in [0.15, 0.2) is 24.3 Å². The normalized spacial score (nSPS) is 25.7. The Labute approximate surface area is 113 Å². The molecule has 0 radical (unpaired) electrons. The molecule has 2 atom stereocenters. The van der Waals surface area contributed by atoms with Crippen LogP contribution >= 0.6 is 0 Å². The maximum Gasteiger partial charge on any atom is 0.254 e. The van der Waals surface area contributed by atoms with Crippen molar-refractivity contribution < 1.29 is 4.79 Å². The number of rotatable bonds is 1. The number of nitrogens with zero attached hydrogens (tertiary/aromatic N) is 2. The van der Waals surface area contributed by atoms with E-state index in [1.165, 1.54) is 19.3 Å². The van der Waals surface area contributed by atoms with Crippen molar-refractivity contribution in [3.8, 4) is 6.07 Å². The van der Waals surface area contributed by atoms with Crippen LogP contribution < -0.4 is 0 Å². The second kappa shape index (κ2) is 5.05. The smallest absolute Gasteiger partial charge is 0.254 e. The predicted octanol–water partition coefficient (Wildman–Crippen LogP) is 2.96. The van der Waals surface area contributed by atoms with Gasteiger partial charge in [-0.3, -0.25) is 4.79 Å². The molecular formula is C16H18N2O. The van der Waals surface area contributed by atoms with Crippen LogP contribution in [0.5, 0.6) is 0 Å². The summed E-state index contributed by atoms with van der Waals surface area (Å²) in [7, 11) is 0. The first-order valence-electron chi connectivity index (χ1n) is 7.11. The van der Waals surface area contributed by atoms with Gasteiger partial charge in [0.05, 0.1) is 11.6 Å². The zero-order chi connectivity index (χ0) is 13.2. The van der Waals surface area contributed by atoms with Gasteiger partial charge >= 0.3 is 0 Å². The quantitative estimate of drug-likeness (QED) is 0.773. The van der Waals surface area contributed by atoms with Crippen molar-refractivity contribution in [1.29, 1.82) is 5.26 Å². The van der Waals surface area contributed by atoms with E-state index >= 15 is 0 Å². The number of nitriles is 1. The maximum atomic E-state index is 12.6. The summed E-state index contributed by atoms with van der Waals surface area (Å²) in [4.78, 5) is 14.7. The molecule has 2 aliphatic rings. The van der Waals surface area contributed by atoms with Crippen molar-refractivity contribution in [2.45, 2.75) is 38.1 Å². The Balaban J connectivity index is 1.80. The average Bonchev–Trinajstić information content (AvgIpc) is 2.95. The third-order valence-corrected chi connectivity index (χ3v) is 4.52. The molecule has 1 heterocycles. The van der Waals surface area contributed by atoms with E-state index in [2.05, 4.69) is 11.0 Å². The molecule has 1 aromatic rings. The molecule has 1 saturated heterocycles. The molecule has 0 N–H and O–H groups in total. The second-order valence-corrected chi connectivity index (χ2v) is 5.59. The minimum atomic E-state index is 0.140. The Morgan fingerprint density at radius 1 is 1.16 bits per heavy atom. The lowest BCUT2D eigenvalue weighted by Gasteiger charge is -2.37. The van der Waals surface area contributed by atoms with Crippen LogP contribution in [0.25, 0.3) is 0 Å². The Morgan fingerprint density at radius 3 is 2.63 bits per heavy atom. The Hall–Kier alpha value is -1.82. The molecule has 1 aliphatic carbocycles. The minimum Gasteiger partial charge on any atom is -0.335 e. The van der Waals surface area contributed by atoms with Crippen molar-refractivity contribution in [3.05, 3.63) is 35.4 Å². The molecule has 1 aromatic carbocycles. The highest BCUT2D eigenvalue weighted by atomic mass is 16.2. The molecule has 0 bridgehead atoms. The fourth-order valence-corrected chi connectivity index (χ4v) is 3.56. The zero-order valence-corrected chi connectivity index (χ0v) is 11.0. The van der Waals surface area contributed by atoms with Gasteiger partial charge in [0.25, 0.3) is 5.91 Å². The zero-order valence-electron chi connectivity index (χ0n) is 11.0. The average molecular weight is 254 g/mol. The summed E-state index contributed by atoms with van der Waals surface area (Å²) in [6.45, 7) is 0.889. The molecule has 2 unspecified atom stereocenters. The van der Waals surface area contributed by atoms with E-state index in [0.717, 1.165) is 25.3 Å². The van der Waals surface area contributed by atoms with E-state index in [1.807, 2.05) is 0 Å². The van der Waals surface area contributed by atoms with Crippen LogP contribution in [-0.4, -0.2) is 23.4 Å². The molecule has 2 fully saturated rings. The highest BCUT2D eigenvalue weighted by Gasteiger charge is 2.37. The lowest BCUT2D eigenvalue weighted by atomic mass is 9.91. The number of fused-ring (bicyclic) bond motifs is 1. The fourth-order valence-electron chi connectivity index (χ4n) is 3.56. The van der Waals surface area contributed by atoms with Gasteiger partial charge in [0, 0.05) is 18.2 Å². The van der Waals surface area contributed by atoms with E-state index in [1.54, 1.807) is 24.3 Å². The van der Waals surface area contributed by atoms with Crippen LogP contribution in [0.1, 0.15) is 48.0 Å². The molecule has 1 amide bonds. The molecule has 1 aliphatic heterocycles. The summed E-state index contributed by atoms with van der Waals surface area (Å²) >= 11 is 0. The number of hydrogen-bond donors (Lipinski definition) is 0. The van der Waals surface area contributed by atoms with Gasteiger partial charge < -0.3 is 4.90 Å². The standard InChI is InChI=1S/C16H18N2O/c17-11-12-6-8-14(9-7-12)16(19)18-10-2-4-13-3-1-5-15(13)18/h6-9,13,15H,1-5,10H2.